The van der Waals surface area contributed by atoms with Crippen molar-refractivity contribution in [1.82, 2.24) is 0 Å². The van der Waals surface area contributed by atoms with E-state index in [0.717, 1.165) is 0 Å². The summed E-state index contributed by atoms with van der Waals surface area (Å²) >= 11 is 0. The lowest BCUT2D eigenvalue weighted by Crippen LogP contribution is -2.01. The molecule has 5 nitrogen and oxygen atoms in total. The number of anilines is 1. The molecule has 14 heavy (non-hydrogen) atoms. The van der Waals surface area contributed by atoms with E-state index < -0.39 is 4.92 Å². The van der Waals surface area contributed by atoms with Crippen LogP contribution in [0.3, 0.4) is 0 Å². The Kier molecular flexibility index (Phi) is 2.60. The smallest absolute Gasteiger partial charge is 0.274 e. The van der Waals surface area contributed by atoms with E-state index in [-0.39, 0.29) is 5.69 Å². The van der Waals surface area contributed by atoms with Crippen molar-refractivity contribution in [3.8, 4) is 5.75 Å². The number of nitrogens with zero attached hydrogens (tertiary/aromatic N) is 1. The number of nitro benzene ring substituents is 1. The Morgan fingerprint density at radius 2 is 2.00 bits per heavy atom. The Hall–Kier alpha value is -1.78. The molecule has 0 heterocycles. The molecule has 0 unspecified atom stereocenters. The normalized spacial score (nSPS) is 9.93. The molecule has 0 amide bonds. The Morgan fingerprint density at radius 1 is 1.43 bits per heavy atom. The van der Waals surface area contributed by atoms with Gasteiger partial charge in [-0.25, -0.2) is 0 Å². The van der Waals surface area contributed by atoms with Crippen LogP contribution in [-0.2, 0) is 0 Å². The first-order valence-electron chi connectivity index (χ1n) is 4.07. The van der Waals surface area contributed by atoms with Crippen molar-refractivity contribution >= 4 is 11.4 Å². The lowest BCUT2D eigenvalue weighted by molar-refractivity contribution is -0.385. The molecular weight excluding hydrogens is 184 g/mol. The number of hydrogen-bond donors (Lipinski definition) is 1. The third-order valence-corrected chi connectivity index (χ3v) is 2.24. The molecule has 0 aliphatic rings. The molecule has 0 bridgehead atoms. The predicted molar refractivity (Wildman–Crippen MR) is 53.5 cm³/mol. The van der Waals surface area contributed by atoms with Crippen molar-refractivity contribution in [3.63, 3.8) is 0 Å². The summed E-state index contributed by atoms with van der Waals surface area (Å²) in [4.78, 5) is 10.2. The van der Waals surface area contributed by atoms with E-state index in [9.17, 15) is 10.1 Å². The second-order valence-electron chi connectivity index (χ2n) is 3.03. The molecule has 0 saturated carbocycles. The Balaban J connectivity index is 3.47. The monoisotopic (exact) mass is 196 g/mol. The highest BCUT2D eigenvalue weighted by atomic mass is 16.6. The highest BCUT2D eigenvalue weighted by Gasteiger charge is 2.18. The number of benzene rings is 1. The maximum Gasteiger partial charge on any atom is 0.274 e. The van der Waals surface area contributed by atoms with Gasteiger partial charge in [-0.1, -0.05) is 0 Å². The number of nitrogens with two attached hydrogens (primary N) is 1. The molecule has 2 N–H and O–H groups in total. The lowest BCUT2D eigenvalue weighted by atomic mass is 10.1. The van der Waals surface area contributed by atoms with Crippen molar-refractivity contribution in [2.24, 2.45) is 0 Å². The van der Waals surface area contributed by atoms with Gasteiger partial charge in [0.2, 0.25) is 0 Å². The van der Waals surface area contributed by atoms with Crippen LogP contribution in [0.4, 0.5) is 11.4 Å². The van der Waals surface area contributed by atoms with Crippen LogP contribution < -0.4 is 10.5 Å². The van der Waals surface area contributed by atoms with Crippen molar-refractivity contribution < 1.29 is 9.66 Å². The van der Waals surface area contributed by atoms with Crippen molar-refractivity contribution in [3.05, 3.63) is 27.3 Å². The quantitative estimate of drug-likeness (QED) is 0.444. The van der Waals surface area contributed by atoms with Crippen molar-refractivity contribution in [2.75, 3.05) is 12.8 Å². The highest BCUT2D eigenvalue weighted by Crippen LogP contribution is 2.34. The number of nitrogen functional groups attached to an aromatic ring is 1. The molecule has 0 aliphatic carbocycles. The van der Waals surface area contributed by atoms with Crippen LogP contribution >= 0.6 is 0 Å². The van der Waals surface area contributed by atoms with E-state index in [1.54, 1.807) is 13.8 Å². The standard InChI is InChI=1S/C9H12N2O3/c1-5-6(2)9(14-3)7(10)4-8(5)11(12)13/h4H,10H2,1-3H3. The third-order valence-electron chi connectivity index (χ3n) is 2.24. The van der Waals surface area contributed by atoms with Gasteiger partial charge in [0.1, 0.15) is 5.75 Å². The Labute approximate surface area is 81.6 Å². The van der Waals surface area contributed by atoms with Gasteiger partial charge in [-0.15, -0.1) is 0 Å². The fourth-order valence-electron chi connectivity index (χ4n) is 1.36. The van der Waals surface area contributed by atoms with Gasteiger partial charge in [0.05, 0.1) is 17.7 Å². The molecule has 0 aromatic heterocycles. The Bertz CT molecular complexity index is 388. The molecule has 1 rings (SSSR count). The van der Waals surface area contributed by atoms with Crippen molar-refractivity contribution in [1.29, 1.82) is 0 Å². The number of hydrogen-bond acceptors (Lipinski definition) is 4. The number of methoxy groups -OCH3 is 1. The lowest BCUT2D eigenvalue weighted by Gasteiger charge is -2.10. The molecule has 76 valence electrons. The summed E-state index contributed by atoms with van der Waals surface area (Å²) in [6.07, 6.45) is 0. The molecule has 0 radical (unpaired) electrons. The van der Waals surface area contributed by atoms with E-state index in [2.05, 4.69) is 0 Å². The SMILES string of the molecule is COc1c(N)cc([N+](=O)[O-])c(C)c1C. The summed E-state index contributed by atoms with van der Waals surface area (Å²) in [5, 5.41) is 10.6. The van der Waals surface area contributed by atoms with Gasteiger partial charge in [0.25, 0.3) is 5.69 Å². The zero-order valence-electron chi connectivity index (χ0n) is 8.33. The highest BCUT2D eigenvalue weighted by molar-refractivity contribution is 5.66. The second-order valence-corrected chi connectivity index (χ2v) is 3.03. The molecule has 0 aliphatic heterocycles. The predicted octanol–water partition coefficient (Wildman–Crippen LogP) is 1.80. The van der Waals surface area contributed by atoms with E-state index in [1.165, 1.54) is 13.2 Å². The van der Waals surface area contributed by atoms with E-state index in [1.807, 2.05) is 0 Å². The minimum Gasteiger partial charge on any atom is -0.494 e. The molecule has 0 fully saturated rings. The van der Waals surface area contributed by atoms with E-state index in [4.69, 9.17) is 10.5 Å². The maximum absolute atomic E-state index is 10.6. The molecule has 0 saturated heterocycles. The number of nitro groups is 1. The zero-order chi connectivity index (χ0) is 10.9. The molecular formula is C9H12N2O3. The van der Waals surface area contributed by atoms with Crippen LogP contribution in [0.25, 0.3) is 0 Å². The second kappa shape index (κ2) is 3.53. The molecule has 1 aromatic carbocycles. The summed E-state index contributed by atoms with van der Waals surface area (Å²) < 4.78 is 5.04. The number of ether oxygens (including phenoxy) is 1. The van der Waals surface area contributed by atoms with Crippen molar-refractivity contribution in [2.45, 2.75) is 13.8 Å². The summed E-state index contributed by atoms with van der Waals surface area (Å²) in [5.74, 6) is 0.508. The summed E-state index contributed by atoms with van der Waals surface area (Å²) in [7, 11) is 1.49. The Morgan fingerprint density at radius 3 is 2.43 bits per heavy atom. The van der Waals surface area contributed by atoms with Gasteiger partial charge in [0.15, 0.2) is 0 Å². The van der Waals surface area contributed by atoms with E-state index >= 15 is 0 Å². The largest absolute Gasteiger partial charge is 0.494 e. The first-order chi connectivity index (χ1) is 6.49. The van der Waals surface area contributed by atoms with Crippen LogP contribution in [0.15, 0.2) is 6.07 Å². The molecule has 0 atom stereocenters. The average Bonchev–Trinajstić information content (AvgIpc) is 2.12. The van der Waals surface area contributed by atoms with Gasteiger partial charge in [0, 0.05) is 17.2 Å². The minimum atomic E-state index is -0.446. The molecule has 1 aromatic rings. The first-order valence-corrected chi connectivity index (χ1v) is 4.07. The average molecular weight is 196 g/mol. The van der Waals surface area contributed by atoms with Gasteiger partial charge in [-0.05, 0) is 13.8 Å². The molecule has 0 spiro atoms. The maximum atomic E-state index is 10.6. The van der Waals surface area contributed by atoms with Crippen LogP contribution in [0, 0.1) is 24.0 Å². The van der Waals surface area contributed by atoms with Crippen LogP contribution in [0.2, 0.25) is 0 Å². The minimum absolute atomic E-state index is 0.0285. The molecule has 5 heteroatoms. The first kappa shape index (κ1) is 10.3. The van der Waals surface area contributed by atoms with Gasteiger partial charge in [-0.3, -0.25) is 10.1 Å². The summed E-state index contributed by atoms with van der Waals surface area (Å²) in [6, 6.07) is 1.32. The third kappa shape index (κ3) is 1.48. The van der Waals surface area contributed by atoms with Gasteiger partial charge < -0.3 is 10.5 Å². The van der Waals surface area contributed by atoms with E-state index in [0.29, 0.717) is 22.6 Å². The fourth-order valence-corrected chi connectivity index (χ4v) is 1.36. The van der Waals surface area contributed by atoms with Crippen LogP contribution in [0.1, 0.15) is 11.1 Å². The fraction of sp³-hybridized carbons (Fsp3) is 0.333. The van der Waals surface area contributed by atoms with Gasteiger partial charge >= 0.3 is 0 Å². The van der Waals surface area contributed by atoms with Crippen LogP contribution in [0.5, 0.6) is 5.75 Å². The summed E-state index contributed by atoms with van der Waals surface area (Å²) in [6.45, 7) is 3.42. The van der Waals surface area contributed by atoms with Crippen LogP contribution in [-0.4, -0.2) is 12.0 Å². The summed E-state index contributed by atoms with van der Waals surface area (Å²) in [5.41, 5.74) is 7.22. The van der Waals surface area contributed by atoms with Gasteiger partial charge in [-0.2, -0.15) is 0 Å². The topological polar surface area (TPSA) is 78.4 Å². The number of rotatable bonds is 2. The zero-order valence-corrected chi connectivity index (χ0v) is 8.33.